The minimum Gasteiger partial charge on any atom is -0.508 e. The first kappa shape index (κ1) is 11.3. The standard InChI is InChI=1S/C13H13NO3/c1-9-10(15)5-3-6-11(9)17-13-12(16-2)7-4-8-14-13/h3-8,15H,1-2H3. The summed E-state index contributed by atoms with van der Waals surface area (Å²) in [6, 6.07) is 8.62. The van der Waals surface area contributed by atoms with Gasteiger partial charge in [-0.25, -0.2) is 4.98 Å². The maximum Gasteiger partial charge on any atom is 0.262 e. The van der Waals surface area contributed by atoms with Crippen LogP contribution in [0.5, 0.6) is 23.1 Å². The minimum absolute atomic E-state index is 0.192. The lowest BCUT2D eigenvalue weighted by Gasteiger charge is -2.11. The first-order valence-electron chi connectivity index (χ1n) is 5.18. The molecule has 17 heavy (non-hydrogen) atoms. The van der Waals surface area contributed by atoms with E-state index in [4.69, 9.17) is 9.47 Å². The monoisotopic (exact) mass is 231 g/mol. The zero-order valence-electron chi connectivity index (χ0n) is 9.68. The molecule has 4 heteroatoms. The van der Waals surface area contributed by atoms with E-state index in [2.05, 4.69) is 4.98 Å². The maximum atomic E-state index is 9.57. The predicted molar refractivity (Wildman–Crippen MR) is 63.7 cm³/mol. The van der Waals surface area contributed by atoms with Crippen molar-refractivity contribution >= 4 is 0 Å². The predicted octanol–water partition coefficient (Wildman–Crippen LogP) is 2.90. The third-order valence-corrected chi connectivity index (χ3v) is 2.42. The molecule has 1 N–H and O–H groups in total. The lowest BCUT2D eigenvalue weighted by Crippen LogP contribution is -1.94. The Morgan fingerprint density at radius 2 is 1.88 bits per heavy atom. The van der Waals surface area contributed by atoms with Crippen molar-refractivity contribution in [2.75, 3.05) is 7.11 Å². The van der Waals surface area contributed by atoms with Crippen molar-refractivity contribution in [2.24, 2.45) is 0 Å². The van der Waals surface area contributed by atoms with Gasteiger partial charge in [0.2, 0.25) is 0 Å². The fourth-order valence-electron chi connectivity index (χ4n) is 1.43. The molecular formula is C13H13NO3. The van der Waals surface area contributed by atoms with Crippen molar-refractivity contribution in [1.29, 1.82) is 0 Å². The van der Waals surface area contributed by atoms with Crippen LogP contribution in [-0.2, 0) is 0 Å². The van der Waals surface area contributed by atoms with Crippen LogP contribution in [0, 0.1) is 6.92 Å². The third kappa shape index (κ3) is 2.30. The average Bonchev–Trinajstić information content (AvgIpc) is 2.35. The summed E-state index contributed by atoms with van der Waals surface area (Å²) in [4.78, 5) is 4.09. The number of ether oxygens (including phenoxy) is 2. The minimum atomic E-state index is 0.192. The van der Waals surface area contributed by atoms with Gasteiger partial charge in [0.1, 0.15) is 11.5 Å². The van der Waals surface area contributed by atoms with Crippen LogP contribution < -0.4 is 9.47 Å². The van der Waals surface area contributed by atoms with Crippen LogP contribution in [0.15, 0.2) is 36.5 Å². The number of hydrogen-bond donors (Lipinski definition) is 1. The molecule has 0 fully saturated rings. The van der Waals surface area contributed by atoms with Crippen molar-refractivity contribution in [2.45, 2.75) is 6.92 Å². The van der Waals surface area contributed by atoms with Gasteiger partial charge >= 0.3 is 0 Å². The highest BCUT2D eigenvalue weighted by Gasteiger charge is 2.09. The summed E-state index contributed by atoms with van der Waals surface area (Å²) in [5.41, 5.74) is 0.667. The Balaban J connectivity index is 2.35. The van der Waals surface area contributed by atoms with Gasteiger partial charge in [-0.1, -0.05) is 6.07 Å². The molecule has 0 bridgehead atoms. The number of nitrogens with zero attached hydrogens (tertiary/aromatic N) is 1. The summed E-state index contributed by atoms with van der Waals surface area (Å²) in [5, 5.41) is 9.57. The number of methoxy groups -OCH3 is 1. The first-order valence-corrected chi connectivity index (χ1v) is 5.18. The summed E-state index contributed by atoms with van der Waals surface area (Å²) in [7, 11) is 1.55. The normalized spacial score (nSPS) is 10.0. The van der Waals surface area contributed by atoms with Crippen molar-refractivity contribution in [3.8, 4) is 23.1 Å². The van der Waals surface area contributed by atoms with Gasteiger partial charge in [0.25, 0.3) is 5.88 Å². The molecule has 1 heterocycles. The summed E-state index contributed by atoms with van der Waals surface area (Å²) in [6.45, 7) is 1.78. The van der Waals surface area contributed by atoms with Gasteiger partial charge in [0, 0.05) is 11.8 Å². The van der Waals surface area contributed by atoms with Crippen LogP contribution in [-0.4, -0.2) is 17.2 Å². The molecule has 0 aliphatic heterocycles. The molecule has 0 aliphatic carbocycles. The van der Waals surface area contributed by atoms with Gasteiger partial charge in [0.15, 0.2) is 5.75 Å². The van der Waals surface area contributed by atoms with Crippen molar-refractivity contribution in [1.82, 2.24) is 4.98 Å². The van der Waals surface area contributed by atoms with E-state index in [1.807, 2.05) is 0 Å². The topological polar surface area (TPSA) is 51.6 Å². The molecule has 88 valence electrons. The first-order chi connectivity index (χ1) is 8.22. The van der Waals surface area contributed by atoms with Crippen LogP contribution in [0.1, 0.15) is 5.56 Å². The molecule has 2 rings (SSSR count). The summed E-state index contributed by atoms with van der Waals surface area (Å²) in [6.07, 6.45) is 1.62. The summed E-state index contributed by atoms with van der Waals surface area (Å²) < 4.78 is 10.8. The fraction of sp³-hybridized carbons (Fsp3) is 0.154. The van der Waals surface area contributed by atoms with Crippen LogP contribution >= 0.6 is 0 Å². The number of aromatic nitrogens is 1. The molecule has 0 amide bonds. The number of benzene rings is 1. The summed E-state index contributed by atoms with van der Waals surface area (Å²) in [5.74, 6) is 1.68. The van der Waals surface area contributed by atoms with Gasteiger partial charge in [-0.2, -0.15) is 0 Å². The number of phenolic OH excluding ortho intramolecular Hbond substituents is 1. The van der Waals surface area contributed by atoms with Gasteiger partial charge in [-0.3, -0.25) is 0 Å². The van der Waals surface area contributed by atoms with E-state index < -0.39 is 0 Å². The highest BCUT2D eigenvalue weighted by Crippen LogP contribution is 2.33. The molecule has 2 aromatic rings. The second kappa shape index (κ2) is 4.74. The van der Waals surface area contributed by atoms with E-state index in [0.717, 1.165) is 0 Å². The lowest BCUT2D eigenvalue weighted by atomic mass is 10.2. The summed E-state index contributed by atoms with van der Waals surface area (Å²) >= 11 is 0. The fourth-order valence-corrected chi connectivity index (χ4v) is 1.43. The van der Waals surface area contributed by atoms with Crippen molar-refractivity contribution < 1.29 is 14.6 Å². The quantitative estimate of drug-likeness (QED) is 0.882. The number of rotatable bonds is 3. The Morgan fingerprint density at radius 1 is 1.12 bits per heavy atom. The van der Waals surface area contributed by atoms with E-state index >= 15 is 0 Å². The average molecular weight is 231 g/mol. The van der Waals surface area contributed by atoms with E-state index in [1.165, 1.54) is 0 Å². The van der Waals surface area contributed by atoms with E-state index in [9.17, 15) is 5.11 Å². The van der Waals surface area contributed by atoms with E-state index in [0.29, 0.717) is 22.9 Å². The number of aromatic hydroxyl groups is 1. The van der Waals surface area contributed by atoms with Crippen LogP contribution in [0.2, 0.25) is 0 Å². The molecule has 0 saturated carbocycles. The second-order valence-electron chi connectivity index (χ2n) is 3.51. The molecule has 0 aliphatic rings. The third-order valence-electron chi connectivity index (χ3n) is 2.42. The Hall–Kier alpha value is -2.23. The largest absolute Gasteiger partial charge is 0.508 e. The molecule has 4 nitrogen and oxygen atoms in total. The number of hydrogen-bond acceptors (Lipinski definition) is 4. The van der Waals surface area contributed by atoms with Crippen molar-refractivity contribution in [3.05, 3.63) is 42.1 Å². The van der Waals surface area contributed by atoms with Gasteiger partial charge in [-0.05, 0) is 31.2 Å². The Morgan fingerprint density at radius 3 is 2.65 bits per heavy atom. The second-order valence-corrected chi connectivity index (χ2v) is 3.51. The molecule has 0 saturated heterocycles. The van der Waals surface area contributed by atoms with Gasteiger partial charge in [0.05, 0.1) is 7.11 Å². The van der Waals surface area contributed by atoms with Crippen molar-refractivity contribution in [3.63, 3.8) is 0 Å². The molecule has 0 unspecified atom stereocenters. The highest BCUT2D eigenvalue weighted by molar-refractivity contribution is 5.45. The van der Waals surface area contributed by atoms with Gasteiger partial charge < -0.3 is 14.6 Å². The Labute approximate surface area is 99.5 Å². The number of phenols is 1. The van der Waals surface area contributed by atoms with E-state index in [-0.39, 0.29) is 5.75 Å². The SMILES string of the molecule is COc1cccnc1Oc1cccc(O)c1C. The van der Waals surface area contributed by atoms with Crippen LogP contribution in [0.4, 0.5) is 0 Å². The molecule has 0 spiro atoms. The van der Waals surface area contributed by atoms with E-state index in [1.54, 1.807) is 50.6 Å². The highest BCUT2D eigenvalue weighted by atomic mass is 16.5. The van der Waals surface area contributed by atoms with Crippen LogP contribution in [0.25, 0.3) is 0 Å². The maximum absolute atomic E-state index is 9.57. The molecular weight excluding hydrogens is 218 g/mol. The molecule has 0 atom stereocenters. The Bertz CT molecular complexity index is 526. The Kier molecular flexibility index (Phi) is 3.14. The number of pyridine rings is 1. The van der Waals surface area contributed by atoms with Gasteiger partial charge in [-0.15, -0.1) is 0 Å². The molecule has 1 aromatic carbocycles. The smallest absolute Gasteiger partial charge is 0.262 e. The zero-order valence-corrected chi connectivity index (χ0v) is 9.68. The zero-order chi connectivity index (χ0) is 12.3. The molecule has 1 aromatic heterocycles. The molecule has 0 radical (unpaired) electrons. The van der Waals surface area contributed by atoms with Crippen LogP contribution in [0.3, 0.4) is 0 Å². The lowest BCUT2D eigenvalue weighted by molar-refractivity contribution is 0.367.